The normalized spacial score (nSPS) is 17.4. The molecule has 0 aromatic heterocycles. The Morgan fingerprint density at radius 1 is 1.19 bits per heavy atom. The monoisotopic (exact) mass is 421 g/mol. The van der Waals surface area contributed by atoms with Crippen molar-refractivity contribution in [2.45, 2.75) is 30.4 Å². The van der Waals surface area contributed by atoms with E-state index in [9.17, 15) is 0 Å². The van der Waals surface area contributed by atoms with Crippen molar-refractivity contribution in [2.24, 2.45) is 0 Å². The molecule has 0 bridgehead atoms. The van der Waals surface area contributed by atoms with Crippen LogP contribution in [0.25, 0.3) is 6.08 Å². The van der Waals surface area contributed by atoms with Crippen LogP contribution in [0.5, 0.6) is 0 Å². The van der Waals surface area contributed by atoms with E-state index in [1.54, 1.807) is 11.1 Å². The molecule has 1 aliphatic carbocycles. The van der Waals surface area contributed by atoms with Crippen molar-refractivity contribution in [1.82, 2.24) is 0 Å². The van der Waals surface area contributed by atoms with E-state index in [2.05, 4.69) is 45.0 Å². The van der Waals surface area contributed by atoms with Gasteiger partial charge in [0.05, 0.1) is 0 Å². The minimum absolute atomic E-state index is 0. The third-order valence-electron chi connectivity index (χ3n) is 2.93. The average Bonchev–Trinajstić information content (AvgIpc) is 2.43. The molecule has 0 fully saturated rings. The number of fused-ring (bicyclic) bond motifs is 1. The van der Waals surface area contributed by atoms with Crippen molar-refractivity contribution >= 4 is 6.08 Å². The zero-order chi connectivity index (χ0) is 10.3. The summed E-state index contributed by atoms with van der Waals surface area (Å²) in [6.45, 7) is 6.82. The number of hydrogen-bond donors (Lipinski definition) is 0. The Balaban J connectivity index is 0.00000112. The zero-order valence-corrected chi connectivity index (χ0v) is 14.8. The molecule has 0 nitrogen and oxygen atoms in total. The summed E-state index contributed by atoms with van der Waals surface area (Å²) in [7, 11) is 0. The molecule has 85 valence electrons. The summed E-state index contributed by atoms with van der Waals surface area (Å²) in [6, 6.07) is 6.78. The van der Waals surface area contributed by atoms with Gasteiger partial charge in [-0.2, -0.15) is 0 Å². The minimum Gasteiger partial charge on any atom is -1.00 e. The van der Waals surface area contributed by atoms with Gasteiger partial charge in [0.1, 0.15) is 0 Å². The Hall–Kier alpha value is 0.410. The maximum absolute atomic E-state index is 2.39. The van der Waals surface area contributed by atoms with Crippen LogP contribution in [-0.4, -0.2) is 0 Å². The topological polar surface area (TPSA) is 0 Å². The molecule has 0 saturated carbocycles. The van der Waals surface area contributed by atoms with Crippen LogP contribution in [0.4, 0.5) is 0 Å². The first-order valence-electron chi connectivity index (χ1n) is 5.13. The van der Waals surface area contributed by atoms with Gasteiger partial charge in [-0.15, -0.1) is 0 Å². The molecule has 2 rings (SSSR count). The van der Waals surface area contributed by atoms with Crippen LogP contribution >= 0.6 is 0 Å². The summed E-state index contributed by atoms with van der Waals surface area (Å²) >= 11 is 1.24. The quantitative estimate of drug-likeness (QED) is 0.454. The molecule has 0 N–H and O–H groups in total. The minimum atomic E-state index is 0. The third kappa shape index (κ3) is 2.80. The molecule has 1 atom stereocenters. The van der Waals surface area contributed by atoms with Gasteiger partial charge in [-0.3, -0.25) is 0 Å². The summed E-state index contributed by atoms with van der Waals surface area (Å²) in [5.74, 6) is 0.640. The van der Waals surface area contributed by atoms with Crippen LogP contribution in [0.3, 0.4) is 0 Å². The Bertz CT molecular complexity index is 397. The average molecular weight is 421 g/mol. The van der Waals surface area contributed by atoms with Gasteiger partial charge in [0.15, 0.2) is 0 Å². The van der Waals surface area contributed by atoms with Crippen LogP contribution in [0.2, 0.25) is 0 Å². The van der Waals surface area contributed by atoms with Gasteiger partial charge in [-0.1, -0.05) is 0 Å². The molecule has 0 radical (unpaired) electrons. The van der Waals surface area contributed by atoms with Gasteiger partial charge in [0, 0.05) is 0 Å². The van der Waals surface area contributed by atoms with Crippen molar-refractivity contribution in [3.05, 3.63) is 40.5 Å². The summed E-state index contributed by atoms with van der Waals surface area (Å²) in [4.78, 5) is 0. The van der Waals surface area contributed by atoms with Gasteiger partial charge in [-0.05, 0) is 0 Å². The Labute approximate surface area is 125 Å². The summed E-state index contributed by atoms with van der Waals surface area (Å²) < 4.78 is 0.753. The van der Waals surface area contributed by atoms with Crippen molar-refractivity contribution in [3.63, 3.8) is 0 Å². The first kappa shape index (κ1) is 16.4. The zero-order valence-electron chi connectivity index (χ0n) is 9.72. The van der Waals surface area contributed by atoms with Crippen molar-refractivity contribution < 1.29 is 49.2 Å². The van der Waals surface area contributed by atoms with Crippen molar-refractivity contribution in [1.29, 1.82) is 0 Å². The molecule has 0 heterocycles. The maximum Gasteiger partial charge on any atom is -1.00 e. The molecule has 1 unspecified atom stereocenters. The van der Waals surface area contributed by atoms with Crippen LogP contribution in [0.15, 0.2) is 23.8 Å². The number of rotatable bonds is 1. The molecule has 0 saturated heterocycles. The van der Waals surface area contributed by atoms with E-state index in [0.717, 1.165) is 3.67 Å². The van der Waals surface area contributed by atoms with E-state index in [0.29, 0.717) is 5.92 Å². The van der Waals surface area contributed by atoms with Gasteiger partial charge in [0.25, 0.3) is 0 Å². The fourth-order valence-corrected chi connectivity index (χ4v) is 3.28. The standard InChI is InChI=1S/C13H15.2ClH.Hf/c1-9(2)12-6-4-5-11-7-10(3)8-13(11)12;;;/h4-9H,1-3H3;2*1H;/q;;;+2/p-2. The number of hydrogen-bond acceptors (Lipinski definition) is 0. The summed E-state index contributed by atoms with van der Waals surface area (Å²) in [6.07, 6.45) is 2.39. The maximum atomic E-state index is 2.39. The van der Waals surface area contributed by atoms with Crippen LogP contribution in [0, 0.1) is 0 Å². The fourth-order valence-electron chi connectivity index (χ4n) is 2.08. The molecular weight excluding hydrogens is 406 g/mol. The van der Waals surface area contributed by atoms with E-state index in [-0.39, 0.29) is 24.8 Å². The summed E-state index contributed by atoms with van der Waals surface area (Å²) in [5, 5.41) is 0. The first-order valence-corrected chi connectivity index (χ1v) is 7.21. The summed E-state index contributed by atoms with van der Waals surface area (Å²) in [5.41, 5.74) is 6.15. The molecule has 0 aliphatic heterocycles. The van der Waals surface area contributed by atoms with Crippen molar-refractivity contribution in [3.8, 4) is 0 Å². The molecule has 1 aromatic rings. The predicted molar refractivity (Wildman–Crippen MR) is 56.9 cm³/mol. The van der Waals surface area contributed by atoms with Gasteiger partial charge in [0.2, 0.25) is 0 Å². The number of benzene rings is 1. The smallest absolute Gasteiger partial charge is 1.00 e. The Morgan fingerprint density at radius 3 is 2.38 bits per heavy atom. The Morgan fingerprint density at radius 2 is 1.81 bits per heavy atom. The van der Waals surface area contributed by atoms with E-state index in [1.165, 1.54) is 35.5 Å². The third-order valence-corrected chi connectivity index (χ3v) is 5.69. The van der Waals surface area contributed by atoms with Crippen molar-refractivity contribution in [2.75, 3.05) is 0 Å². The molecule has 0 amide bonds. The van der Waals surface area contributed by atoms with E-state index in [1.807, 2.05) is 0 Å². The van der Waals surface area contributed by atoms with Gasteiger partial charge in [-0.25, -0.2) is 0 Å². The number of allylic oxidation sites excluding steroid dienone is 1. The molecule has 1 aromatic carbocycles. The first-order chi connectivity index (χ1) is 6.61. The van der Waals surface area contributed by atoms with E-state index >= 15 is 0 Å². The SMILES string of the molecule is CC1=Cc2c(C(C)C)cccc2[CH]1[Hf+2].[Cl-].[Cl-]. The second-order valence-electron chi connectivity index (χ2n) is 4.33. The molecule has 16 heavy (non-hydrogen) atoms. The van der Waals surface area contributed by atoms with Crippen LogP contribution in [-0.2, 0) is 24.4 Å². The largest absolute Gasteiger partial charge is 1.00 e. The van der Waals surface area contributed by atoms with Crippen LogP contribution in [0.1, 0.15) is 47.1 Å². The molecular formula is C13H15Cl2Hf. The van der Waals surface area contributed by atoms with E-state index in [4.69, 9.17) is 0 Å². The fraction of sp³-hybridized carbons (Fsp3) is 0.385. The second kappa shape index (κ2) is 6.37. The van der Waals surface area contributed by atoms with E-state index < -0.39 is 0 Å². The molecule has 0 spiro atoms. The van der Waals surface area contributed by atoms with Crippen LogP contribution < -0.4 is 24.8 Å². The molecule has 3 heteroatoms. The molecule has 1 aliphatic rings. The van der Waals surface area contributed by atoms with Gasteiger partial charge >= 0.3 is 101 Å². The number of halogens is 2. The van der Waals surface area contributed by atoms with Gasteiger partial charge < -0.3 is 24.8 Å². The Kier molecular flexibility index (Phi) is 6.53. The predicted octanol–water partition coefficient (Wildman–Crippen LogP) is -2.18. The second-order valence-corrected chi connectivity index (χ2v) is 6.40.